The van der Waals surface area contributed by atoms with Crippen molar-refractivity contribution >= 4 is 15.9 Å². The van der Waals surface area contributed by atoms with E-state index in [-0.39, 0.29) is 16.5 Å². The van der Waals surface area contributed by atoms with Crippen LogP contribution in [-0.2, 0) is 10.0 Å². The zero-order valence-corrected chi connectivity index (χ0v) is 18.4. The number of methoxy groups -OCH3 is 2. The largest absolute Gasteiger partial charge is 0.496 e. The van der Waals surface area contributed by atoms with Crippen molar-refractivity contribution in [3.63, 3.8) is 0 Å². The van der Waals surface area contributed by atoms with Crippen LogP contribution < -0.4 is 14.8 Å². The van der Waals surface area contributed by atoms with Crippen LogP contribution in [-0.4, -0.2) is 45.9 Å². The van der Waals surface area contributed by atoms with Crippen LogP contribution >= 0.6 is 0 Å². The third-order valence-electron chi connectivity index (χ3n) is 5.32. The molecule has 1 N–H and O–H groups in total. The van der Waals surface area contributed by atoms with Gasteiger partial charge in [0.15, 0.2) is 0 Å². The predicted octanol–water partition coefficient (Wildman–Crippen LogP) is 3.37. The second kappa shape index (κ2) is 9.49. The summed E-state index contributed by atoms with van der Waals surface area (Å²) in [6.07, 6.45) is 2.72. The monoisotopic (exact) mass is 432 g/mol. The van der Waals surface area contributed by atoms with E-state index in [4.69, 9.17) is 9.47 Å². The van der Waals surface area contributed by atoms with Gasteiger partial charge in [0.2, 0.25) is 10.0 Å². The molecular weight excluding hydrogens is 404 g/mol. The first-order valence-electron chi connectivity index (χ1n) is 10.0. The highest BCUT2D eigenvalue weighted by atomic mass is 32.2. The van der Waals surface area contributed by atoms with Crippen LogP contribution in [0.25, 0.3) is 0 Å². The summed E-state index contributed by atoms with van der Waals surface area (Å²) in [6, 6.07) is 11.5. The molecule has 2 aromatic carbocycles. The van der Waals surface area contributed by atoms with Crippen LogP contribution in [0.4, 0.5) is 0 Å². The van der Waals surface area contributed by atoms with Gasteiger partial charge in [-0.25, -0.2) is 8.42 Å². The molecule has 1 aliphatic rings. The number of carbonyl (C=O) groups is 1. The molecule has 2 aromatic rings. The number of amides is 1. The number of sulfonamides is 1. The first-order valence-corrected chi connectivity index (χ1v) is 11.4. The quantitative estimate of drug-likeness (QED) is 0.725. The van der Waals surface area contributed by atoms with Gasteiger partial charge in [-0.3, -0.25) is 4.79 Å². The number of hydrogen-bond acceptors (Lipinski definition) is 5. The summed E-state index contributed by atoms with van der Waals surface area (Å²) in [7, 11) is -0.629. The molecule has 8 heteroatoms. The van der Waals surface area contributed by atoms with Gasteiger partial charge in [0.25, 0.3) is 5.91 Å². The van der Waals surface area contributed by atoms with E-state index in [1.807, 2.05) is 31.2 Å². The van der Waals surface area contributed by atoms with Gasteiger partial charge >= 0.3 is 0 Å². The van der Waals surface area contributed by atoms with Crippen LogP contribution in [0.3, 0.4) is 0 Å². The Morgan fingerprint density at radius 1 is 1.00 bits per heavy atom. The molecule has 1 atom stereocenters. The number of ether oxygens (including phenoxy) is 2. The Morgan fingerprint density at radius 2 is 1.67 bits per heavy atom. The molecule has 30 heavy (non-hydrogen) atoms. The molecule has 1 fully saturated rings. The Bertz CT molecular complexity index is 1000. The van der Waals surface area contributed by atoms with Crippen molar-refractivity contribution in [2.24, 2.45) is 0 Å². The minimum Gasteiger partial charge on any atom is -0.496 e. The van der Waals surface area contributed by atoms with Gasteiger partial charge < -0.3 is 14.8 Å². The fourth-order valence-corrected chi connectivity index (χ4v) is 5.20. The van der Waals surface area contributed by atoms with E-state index in [2.05, 4.69) is 5.32 Å². The standard InChI is InChI=1S/C22H28N2O5S/c1-16(18-9-5-6-10-20(18)28-2)23-22(25)19-15-17(11-12-21(19)29-3)30(26,27)24-13-7-4-8-14-24/h5-6,9-12,15-16H,4,7-8,13-14H2,1-3H3,(H,23,25)/t16-/m1/s1. The Kier molecular flexibility index (Phi) is 6.99. The van der Waals surface area contributed by atoms with Crippen molar-refractivity contribution in [2.45, 2.75) is 37.1 Å². The van der Waals surface area contributed by atoms with Gasteiger partial charge in [-0.05, 0) is 44.0 Å². The molecule has 0 aliphatic carbocycles. The van der Waals surface area contributed by atoms with Crippen molar-refractivity contribution in [3.05, 3.63) is 53.6 Å². The first kappa shape index (κ1) is 22.1. The molecule has 3 rings (SSSR count). The van der Waals surface area contributed by atoms with E-state index in [1.165, 1.54) is 29.6 Å². The molecule has 162 valence electrons. The predicted molar refractivity (Wildman–Crippen MR) is 114 cm³/mol. The summed E-state index contributed by atoms with van der Waals surface area (Å²) in [6.45, 7) is 2.85. The SMILES string of the molecule is COc1ccc(S(=O)(=O)N2CCCCC2)cc1C(=O)N[C@H](C)c1ccccc1OC. The van der Waals surface area contributed by atoms with Gasteiger partial charge in [-0.15, -0.1) is 0 Å². The Balaban J connectivity index is 1.88. The maximum absolute atomic E-state index is 13.0. The minimum absolute atomic E-state index is 0.0975. The van der Waals surface area contributed by atoms with Crippen molar-refractivity contribution in [3.8, 4) is 11.5 Å². The highest BCUT2D eigenvalue weighted by molar-refractivity contribution is 7.89. The molecule has 0 saturated carbocycles. The number of hydrogen-bond donors (Lipinski definition) is 1. The highest BCUT2D eigenvalue weighted by Crippen LogP contribution is 2.28. The van der Waals surface area contributed by atoms with E-state index in [0.29, 0.717) is 24.6 Å². The average molecular weight is 433 g/mol. The first-order chi connectivity index (χ1) is 14.4. The Hall–Kier alpha value is -2.58. The fraction of sp³-hybridized carbons (Fsp3) is 0.409. The summed E-state index contributed by atoms with van der Waals surface area (Å²) < 4.78 is 38.2. The van der Waals surface area contributed by atoms with Crippen LogP contribution in [0.5, 0.6) is 11.5 Å². The van der Waals surface area contributed by atoms with Crippen LogP contribution in [0.15, 0.2) is 47.4 Å². The number of para-hydroxylation sites is 1. The lowest BCUT2D eigenvalue weighted by Crippen LogP contribution is -2.35. The van der Waals surface area contributed by atoms with Gasteiger partial charge in [-0.1, -0.05) is 24.6 Å². The molecule has 1 aliphatic heterocycles. The number of benzene rings is 2. The highest BCUT2D eigenvalue weighted by Gasteiger charge is 2.28. The molecule has 1 amide bonds. The van der Waals surface area contributed by atoms with Crippen LogP contribution in [0, 0.1) is 0 Å². The second-order valence-corrected chi connectivity index (χ2v) is 9.20. The molecule has 1 saturated heterocycles. The topological polar surface area (TPSA) is 84.9 Å². The van der Waals surface area contributed by atoms with E-state index < -0.39 is 15.9 Å². The van der Waals surface area contributed by atoms with Gasteiger partial charge in [-0.2, -0.15) is 4.31 Å². The molecule has 1 heterocycles. The number of carbonyl (C=O) groups excluding carboxylic acids is 1. The lowest BCUT2D eigenvalue weighted by Gasteiger charge is -2.26. The van der Waals surface area contributed by atoms with E-state index >= 15 is 0 Å². The van der Waals surface area contributed by atoms with E-state index in [1.54, 1.807) is 7.11 Å². The van der Waals surface area contributed by atoms with Gasteiger partial charge in [0, 0.05) is 18.7 Å². The maximum atomic E-state index is 13.0. The van der Waals surface area contributed by atoms with E-state index in [0.717, 1.165) is 24.8 Å². The molecule has 0 radical (unpaired) electrons. The molecule has 0 aromatic heterocycles. The molecule has 0 bridgehead atoms. The fourth-order valence-electron chi connectivity index (χ4n) is 3.66. The number of nitrogens with one attached hydrogen (secondary N) is 1. The number of nitrogens with zero attached hydrogens (tertiary/aromatic N) is 1. The van der Waals surface area contributed by atoms with Crippen molar-refractivity contribution < 1.29 is 22.7 Å². The summed E-state index contributed by atoms with van der Waals surface area (Å²) in [5.41, 5.74) is 1.00. The molecule has 7 nitrogen and oxygen atoms in total. The lowest BCUT2D eigenvalue weighted by molar-refractivity contribution is 0.0936. The smallest absolute Gasteiger partial charge is 0.255 e. The van der Waals surface area contributed by atoms with Crippen LogP contribution in [0.2, 0.25) is 0 Å². The van der Waals surface area contributed by atoms with Crippen molar-refractivity contribution in [1.82, 2.24) is 9.62 Å². The molecule has 0 unspecified atom stereocenters. The molecular formula is C22H28N2O5S. The zero-order chi connectivity index (χ0) is 21.7. The Labute approximate surface area is 178 Å². The average Bonchev–Trinajstić information content (AvgIpc) is 2.79. The van der Waals surface area contributed by atoms with Crippen molar-refractivity contribution in [1.29, 1.82) is 0 Å². The lowest BCUT2D eigenvalue weighted by atomic mass is 10.1. The molecule has 0 spiro atoms. The minimum atomic E-state index is -3.66. The second-order valence-electron chi connectivity index (χ2n) is 7.26. The van der Waals surface area contributed by atoms with E-state index in [9.17, 15) is 13.2 Å². The summed E-state index contributed by atoms with van der Waals surface area (Å²) in [5, 5.41) is 2.91. The third kappa shape index (κ3) is 4.60. The summed E-state index contributed by atoms with van der Waals surface area (Å²) in [5.74, 6) is 0.567. The Morgan fingerprint density at radius 3 is 2.33 bits per heavy atom. The summed E-state index contributed by atoms with van der Waals surface area (Å²) >= 11 is 0. The summed E-state index contributed by atoms with van der Waals surface area (Å²) in [4.78, 5) is 13.1. The van der Waals surface area contributed by atoms with Crippen molar-refractivity contribution in [2.75, 3.05) is 27.3 Å². The van der Waals surface area contributed by atoms with Crippen LogP contribution in [0.1, 0.15) is 48.1 Å². The number of rotatable bonds is 7. The normalized spacial score (nSPS) is 16.0. The van der Waals surface area contributed by atoms with Gasteiger partial charge in [0.1, 0.15) is 11.5 Å². The third-order valence-corrected chi connectivity index (χ3v) is 7.22. The zero-order valence-electron chi connectivity index (χ0n) is 17.6. The maximum Gasteiger partial charge on any atom is 0.255 e. The number of piperidine rings is 1. The van der Waals surface area contributed by atoms with Gasteiger partial charge in [0.05, 0.1) is 30.7 Å².